The van der Waals surface area contributed by atoms with E-state index in [0.29, 0.717) is 5.33 Å². The van der Waals surface area contributed by atoms with Crippen molar-refractivity contribution in [1.29, 1.82) is 0 Å². The molecule has 0 aromatic carbocycles. The van der Waals surface area contributed by atoms with Gasteiger partial charge >= 0.3 is 0 Å². The van der Waals surface area contributed by atoms with Crippen molar-refractivity contribution in [3.63, 3.8) is 0 Å². The minimum atomic E-state index is -1.69. The molecule has 0 radical (unpaired) electrons. The van der Waals surface area contributed by atoms with E-state index in [1.54, 1.807) is 0 Å². The van der Waals surface area contributed by atoms with Gasteiger partial charge in [-0.3, -0.25) is 0 Å². The molecular weight excluding hydrogens is 424 g/mol. The van der Waals surface area contributed by atoms with Crippen LogP contribution in [-0.4, -0.2) is 122 Å². The third kappa shape index (κ3) is 4.71. The van der Waals surface area contributed by atoms with Gasteiger partial charge < -0.3 is 54.7 Å². The van der Waals surface area contributed by atoms with Gasteiger partial charge in [0.15, 0.2) is 12.6 Å². The van der Waals surface area contributed by atoms with Crippen LogP contribution in [0.5, 0.6) is 0 Å². The lowest BCUT2D eigenvalue weighted by atomic mass is 9.97. The molecule has 2 aliphatic rings. The first-order chi connectivity index (χ1) is 12.3. The SMILES string of the molecule is OC[C@H]1O[C@@H](O[C@@H]2[C@@H](OCCBr)O[C@H](CO)[C@@H](O)[C@@H]2O)[C@@H](O)[C@@H](O)[C@@H]1O. The van der Waals surface area contributed by atoms with Crippen LogP contribution in [0.4, 0.5) is 0 Å². The van der Waals surface area contributed by atoms with Crippen molar-refractivity contribution in [2.75, 3.05) is 25.2 Å². The van der Waals surface area contributed by atoms with E-state index in [-0.39, 0.29) is 6.61 Å². The summed E-state index contributed by atoms with van der Waals surface area (Å²) < 4.78 is 21.5. The molecule has 2 saturated heterocycles. The minimum Gasteiger partial charge on any atom is -0.394 e. The molecule has 0 aromatic rings. The molecule has 0 bridgehead atoms. The lowest BCUT2D eigenvalue weighted by Crippen LogP contribution is -2.64. The highest BCUT2D eigenvalue weighted by atomic mass is 79.9. The maximum absolute atomic E-state index is 10.3. The number of rotatable bonds is 7. The van der Waals surface area contributed by atoms with Crippen molar-refractivity contribution in [1.82, 2.24) is 0 Å². The van der Waals surface area contributed by atoms with E-state index >= 15 is 0 Å². The van der Waals surface area contributed by atoms with Gasteiger partial charge in [-0.2, -0.15) is 0 Å². The second-order valence-corrected chi connectivity index (χ2v) is 6.86. The molecule has 0 amide bonds. The number of aliphatic hydroxyl groups is 7. The maximum atomic E-state index is 10.3. The zero-order valence-corrected chi connectivity index (χ0v) is 15.3. The Morgan fingerprint density at radius 2 is 1.27 bits per heavy atom. The number of hydrogen-bond acceptors (Lipinski definition) is 11. The number of alkyl halides is 1. The van der Waals surface area contributed by atoms with E-state index in [0.717, 1.165) is 0 Å². The first kappa shape index (κ1) is 22.3. The van der Waals surface area contributed by atoms with Crippen molar-refractivity contribution >= 4 is 15.9 Å². The fraction of sp³-hybridized carbons (Fsp3) is 1.00. The van der Waals surface area contributed by atoms with Crippen LogP contribution >= 0.6 is 15.9 Å². The van der Waals surface area contributed by atoms with Crippen LogP contribution in [0, 0.1) is 0 Å². The van der Waals surface area contributed by atoms with Gasteiger partial charge in [-0.05, 0) is 0 Å². The molecule has 2 rings (SSSR count). The first-order valence-corrected chi connectivity index (χ1v) is 9.23. The van der Waals surface area contributed by atoms with Gasteiger partial charge in [0.2, 0.25) is 0 Å². The Bertz CT molecular complexity index is 428. The smallest absolute Gasteiger partial charge is 0.187 e. The molecule has 0 saturated carbocycles. The molecule has 0 spiro atoms. The van der Waals surface area contributed by atoms with Gasteiger partial charge in [-0.1, -0.05) is 15.9 Å². The highest BCUT2D eigenvalue weighted by Gasteiger charge is 2.50. The molecule has 12 heteroatoms. The van der Waals surface area contributed by atoms with Crippen molar-refractivity contribution in [2.45, 2.75) is 61.4 Å². The Morgan fingerprint density at radius 1 is 0.731 bits per heavy atom. The van der Waals surface area contributed by atoms with E-state index < -0.39 is 74.6 Å². The lowest BCUT2D eigenvalue weighted by Gasteiger charge is -2.45. The van der Waals surface area contributed by atoms with Crippen LogP contribution < -0.4 is 0 Å². The molecule has 0 aliphatic carbocycles. The zero-order valence-electron chi connectivity index (χ0n) is 13.7. The number of hydrogen-bond donors (Lipinski definition) is 7. The maximum Gasteiger partial charge on any atom is 0.187 e. The molecule has 26 heavy (non-hydrogen) atoms. The van der Waals surface area contributed by atoms with Crippen LogP contribution in [0.1, 0.15) is 0 Å². The third-order valence-electron chi connectivity index (χ3n) is 4.32. The van der Waals surface area contributed by atoms with E-state index in [1.807, 2.05) is 0 Å². The quantitative estimate of drug-likeness (QED) is 0.189. The average Bonchev–Trinajstić information content (AvgIpc) is 2.64. The van der Waals surface area contributed by atoms with Gasteiger partial charge in [0.25, 0.3) is 0 Å². The fourth-order valence-corrected chi connectivity index (χ4v) is 3.02. The Hall–Kier alpha value is 0.0400. The predicted octanol–water partition coefficient (Wildman–Crippen LogP) is -3.98. The lowest BCUT2D eigenvalue weighted by molar-refractivity contribution is -0.366. The Morgan fingerprint density at radius 3 is 1.81 bits per heavy atom. The van der Waals surface area contributed by atoms with Gasteiger partial charge in [-0.25, -0.2) is 0 Å². The van der Waals surface area contributed by atoms with Gasteiger partial charge in [-0.15, -0.1) is 0 Å². The molecular formula is C14H25BrO11. The van der Waals surface area contributed by atoms with Crippen molar-refractivity contribution in [3.8, 4) is 0 Å². The molecule has 11 nitrogen and oxygen atoms in total. The first-order valence-electron chi connectivity index (χ1n) is 8.11. The van der Waals surface area contributed by atoms with E-state index in [4.69, 9.17) is 18.9 Å². The number of ether oxygens (including phenoxy) is 4. The molecule has 0 unspecified atom stereocenters. The molecule has 7 N–H and O–H groups in total. The molecule has 2 aliphatic heterocycles. The van der Waals surface area contributed by atoms with Gasteiger partial charge in [0.05, 0.1) is 19.8 Å². The normalized spacial score (nSPS) is 47.1. The summed E-state index contributed by atoms with van der Waals surface area (Å²) in [6.07, 6.45) is -14.4. The van der Waals surface area contributed by atoms with Crippen LogP contribution in [0.3, 0.4) is 0 Å². The second kappa shape index (κ2) is 10.0. The largest absolute Gasteiger partial charge is 0.394 e. The van der Waals surface area contributed by atoms with E-state index in [2.05, 4.69) is 15.9 Å². The molecule has 154 valence electrons. The van der Waals surface area contributed by atoms with Crippen LogP contribution in [0.15, 0.2) is 0 Å². The van der Waals surface area contributed by atoms with Crippen LogP contribution in [0.25, 0.3) is 0 Å². The summed E-state index contributed by atoms with van der Waals surface area (Å²) in [5.74, 6) is 0. The number of halogens is 1. The van der Waals surface area contributed by atoms with Crippen LogP contribution in [0.2, 0.25) is 0 Å². The van der Waals surface area contributed by atoms with Crippen molar-refractivity contribution < 1.29 is 54.7 Å². The molecule has 10 atom stereocenters. The highest BCUT2D eigenvalue weighted by Crippen LogP contribution is 2.29. The van der Waals surface area contributed by atoms with E-state index in [1.165, 1.54) is 0 Å². The fourth-order valence-electron chi connectivity index (χ4n) is 2.83. The molecule has 2 heterocycles. The monoisotopic (exact) mass is 448 g/mol. The average molecular weight is 449 g/mol. The van der Waals surface area contributed by atoms with Crippen LogP contribution in [-0.2, 0) is 18.9 Å². The standard InChI is InChI=1S/C14H25BrO11/c15-1-2-23-14-12(10(21)8(19)6(4-17)25-14)26-13-11(22)9(20)7(18)5(3-16)24-13/h5-14,16-22H,1-4H2/t5-,6-,7-,8-,9+,10+,11+,12+,13+,14+/m1/s1. The summed E-state index contributed by atoms with van der Waals surface area (Å²) >= 11 is 3.16. The second-order valence-electron chi connectivity index (χ2n) is 6.06. The minimum absolute atomic E-state index is 0.153. The highest BCUT2D eigenvalue weighted by molar-refractivity contribution is 9.09. The van der Waals surface area contributed by atoms with E-state index in [9.17, 15) is 35.7 Å². The summed E-state index contributed by atoms with van der Waals surface area (Å²) in [6.45, 7) is -1.06. The van der Waals surface area contributed by atoms with Gasteiger partial charge in [0.1, 0.15) is 48.8 Å². The summed E-state index contributed by atoms with van der Waals surface area (Å²) in [5.41, 5.74) is 0. The molecule has 2 fully saturated rings. The van der Waals surface area contributed by atoms with Crippen molar-refractivity contribution in [2.24, 2.45) is 0 Å². The molecule has 0 aromatic heterocycles. The zero-order chi connectivity index (χ0) is 19.4. The van der Waals surface area contributed by atoms with Gasteiger partial charge in [0, 0.05) is 5.33 Å². The summed E-state index contributed by atoms with van der Waals surface area (Å²) in [4.78, 5) is 0. The Kier molecular flexibility index (Phi) is 8.59. The summed E-state index contributed by atoms with van der Waals surface area (Å²) in [7, 11) is 0. The Balaban J connectivity index is 2.14. The summed E-state index contributed by atoms with van der Waals surface area (Å²) in [5, 5.41) is 68.9. The van der Waals surface area contributed by atoms with Crippen molar-refractivity contribution in [3.05, 3.63) is 0 Å². The topological polar surface area (TPSA) is 179 Å². The predicted molar refractivity (Wildman–Crippen MR) is 86.1 cm³/mol. The summed E-state index contributed by atoms with van der Waals surface area (Å²) in [6, 6.07) is 0. The number of aliphatic hydroxyl groups excluding tert-OH is 7. The Labute approximate surface area is 157 Å². The third-order valence-corrected chi connectivity index (χ3v) is 4.65.